The van der Waals surface area contributed by atoms with Gasteiger partial charge in [-0.25, -0.2) is 0 Å². The summed E-state index contributed by atoms with van der Waals surface area (Å²) < 4.78 is 81.9. The maximum atomic E-state index is 13.7. The molecule has 7 heteroatoms. The van der Waals surface area contributed by atoms with Crippen molar-refractivity contribution in [3.8, 4) is 23.7 Å². The van der Waals surface area contributed by atoms with Gasteiger partial charge in [-0.3, -0.25) is 0 Å². The van der Waals surface area contributed by atoms with Crippen LogP contribution in [0.1, 0.15) is 60.1 Å². The van der Waals surface area contributed by atoms with E-state index in [1.165, 1.54) is 26.0 Å². The highest BCUT2D eigenvalue weighted by molar-refractivity contribution is 7.99. The zero-order chi connectivity index (χ0) is 23.4. The van der Waals surface area contributed by atoms with E-state index in [-0.39, 0.29) is 20.9 Å². The normalized spacial score (nSPS) is 11.4. The third-order valence-electron chi connectivity index (χ3n) is 4.10. The number of rotatable bonds is 2. The van der Waals surface area contributed by atoms with Crippen LogP contribution < -0.4 is 0 Å². The van der Waals surface area contributed by atoms with Gasteiger partial charge in [0.1, 0.15) is 0 Å². The molecule has 0 heterocycles. The molecule has 0 amide bonds. The predicted octanol–water partition coefficient (Wildman–Crippen LogP) is 8.02. The number of halogens is 6. The van der Waals surface area contributed by atoms with Crippen molar-refractivity contribution < 1.29 is 26.3 Å². The highest BCUT2D eigenvalue weighted by Gasteiger charge is 2.36. The van der Waals surface area contributed by atoms with Gasteiger partial charge in [0, 0.05) is 22.6 Å². The molecule has 0 fully saturated rings. The minimum absolute atomic E-state index is 0.145. The molecule has 0 saturated heterocycles. The Morgan fingerprint density at radius 2 is 1.03 bits per heavy atom. The second-order valence-corrected chi connectivity index (χ2v) is 7.86. The van der Waals surface area contributed by atoms with E-state index in [1.807, 2.05) is 0 Å². The van der Waals surface area contributed by atoms with Crippen molar-refractivity contribution in [3.63, 3.8) is 0 Å². The van der Waals surface area contributed by atoms with Gasteiger partial charge in [-0.15, -0.1) is 0 Å². The van der Waals surface area contributed by atoms with Gasteiger partial charge >= 0.3 is 12.4 Å². The molecule has 31 heavy (non-hydrogen) atoms. The fourth-order valence-electron chi connectivity index (χ4n) is 2.84. The van der Waals surface area contributed by atoms with Crippen LogP contribution in [0.2, 0.25) is 0 Å². The van der Waals surface area contributed by atoms with Crippen molar-refractivity contribution in [3.05, 3.63) is 57.6 Å². The van der Waals surface area contributed by atoms with Gasteiger partial charge in [-0.05, 0) is 49.2 Å². The highest BCUT2D eigenvalue weighted by Crippen LogP contribution is 2.43. The second kappa shape index (κ2) is 9.75. The highest BCUT2D eigenvalue weighted by atomic mass is 32.2. The van der Waals surface area contributed by atoms with E-state index in [0.717, 1.165) is 23.9 Å². The van der Waals surface area contributed by atoms with Gasteiger partial charge in [-0.1, -0.05) is 49.3 Å². The van der Waals surface area contributed by atoms with E-state index in [4.69, 9.17) is 0 Å². The van der Waals surface area contributed by atoms with Crippen LogP contribution in [0.25, 0.3) is 0 Å². The predicted molar refractivity (Wildman–Crippen MR) is 111 cm³/mol. The first kappa shape index (κ1) is 24.8. The van der Waals surface area contributed by atoms with Crippen molar-refractivity contribution in [2.45, 2.75) is 62.7 Å². The van der Waals surface area contributed by atoms with Crippen molar-refractivity contribution >= 4 is 11.8 Å². The number of benzene rings is 2. The van der Waals surface area contributed by atoms with E-state index in [1.54, 1.807) is 13.8 Å². The lowest BCUT2D eigenvalue weighted by atomic mass is 10.0. The molecule has 0 bridgehead atoms. The molecule has 0 unspecified atom stereocenters. The zero-order valence-electron chi connectivity index (χ0n) is 17.4. The van der Waals surface area contributed by atoms with Crippen LogP contribution in [0.4, 0.5) is 26.3 Å². The molecule has 0 saturated carbocycles. The molecular weight excluding hydrogens is 434 g/mol. The fourth-order valence-corrected chi connectivity index (χ4v) is 4.10. The summed E-state index contributed by atoms with van der Waals surface area (Å²) in [6.45, 7) is 6.42. The molecule has 0 aliphatic heterocycles. The summed E-state index contributed by atoms with van der Waals surface area (Å²) in [5.41, 5.74) is -1.62. The standard InChI is InChI=1S/C24H20F6S/c1-5-7-9-17-19(23(25,26)27)11-15(3)13-21(17)31-22-14-16(4)12-20(24(28,29)30)18(22)10-8-6-2/h11-14H,5-6H2,1-4H3. The average molecular weight is 454 g/mol. The molecule has 0 radical (unpaired) electrons. The van der Waals surface area contributed by atoms with Gasteiger partial charge in [0.2, 0.25) is 0 Å². The van der Waals surface area contributed by atoms with Gasteiger partial charge in [0.25, 0.3) is 0 Å². The second-order valence-electron chi connectivity index (χ2n) is 6.78. The minimum Gasteiger partial charge on any atom is -0.166 e. The first-order valence-electron chi connectivity index (χ1n) is 9.47. The van der Waals surface area contributed by atoms with Crippen molar-refractivity contribution in [2.24, 2.45) is 0 Å². The van der Waals surface area contributed by atoms with E-state index < -0.39 is 23.5 Å². The molecule has 0 aliphatic rings. The minimum atomic E-state index is -4.65. The zero-order valence-corrected chi connectivity index (χ0v) is 18.2. The number of aryl methyl sites for hydroxylation is 2. The monoisotopic (exact) mass is 454 g/mol. The largest absolute Gasteiger partial charge is 0.417 e. The van der Waals surface area contributed by atoms with Crippen LogP contribution in [0, 0.1) is 37.5 Å². The van der Waals surface area contributed by atoms with Crippen LogP contribution in [0.15, 0.2) is 34.1 Å². The summed E-state index contributed by atoms with van der Waals surface area (Å²) in [5.74, 6) is 10.4. The first-order chi connectivity index (χ1) is 14.4. The van der Waals surface area contributed by atoms with E-state index >= 15 is 0 Å². The number of alkyl halides is 6. The molecular formula is C24H20F6S. The molecule has 0 nitrogen and oxygen atoms in total. The molecule has 0 N–H and O–H groups in total. The Hall–Kier alpha value is -2.51. The molecule has 0 aromatic heterocycles. The van der Waals surface area contributed by atoms with Crippen LogP contribution in [0.5, 0.6) is 0 Å². The smallest absolute Gasteiger partial charge is 0.166 e. The Morgan fingerprint density at radius 1 is 0.677 bits per heavy atom. The lowest BCUT2D eigenvalue weighted by Gasteiger charge is -2.17. The summed E-state index contributed by atoms with van der Waals surface area (Å²) in [6.07, 6.45) is -8.61. The summed E-state index contributed by atoms with van der Waals surface area (Å²) in [5, 5.41) is 0. The topological polar surface area (TPSA) is 0 Å². The molecule has 0 aliphatic carbocycles. The lowest BCUT2D eigenvalue weighted by Crippen LogP contribution is -2.10. The SMILES string of the molecule is CCC#Cc1c(Sc2cc(C)cc(C(F)(F)F)c2C#CCC)cc(C)cc1C(F)(F)F. The fraction of sp³-hybridized carbons (Fsp3) is 0.333. The first-order valence-corrected chi connectivity index (χ1v) is 10.3. The van der Waals surface area contributed by atoms with Gasteiger partial charge < -0.3 is 0 Å². The summed E-state index contributed by atoms with van der Waals surface area (Å²) in [4.78, 5) is 0.290. The molecule has 2 aromatic rings. The molecule has 0 spiro atoms. The Labute approximate surface area is 182 Å². The van der Waals surface area contributed by atoms with Gasteiger partial charge in [-0.2, -0.15) is 26.3 Å². The Morgan fingerprint density at radius 3 is 1.32 bits per heavy atom. The van der Waals surface area contributed by atoms with Crippen LogP contribution >= 0.6 is 11.8 Å². The molecule has 164 valence electrons. The lowest BCUT2D eigenvalue weighted by molar-refractivity contribution is -0.138. The van der Waals surface area contributed by atoms with E-state index in [9.17, 15) is 26.3 Å². The van der Waals surface area contributed by atoms with Crippen molar-refractivity contribution in [1.29, 1.82) is 0 Å². The van der Waals surface area contributed by atoms with Crippen molar-refractivity contribution in [2.75, 3.05) is 0 Å². The molecule has 2 rings (SSSR count). The van der Waals surface area contributed by atoms with E-state index in [0.29, 0.717) is 24.0 Å². The summed E-state index contributed by atoms with van der Waals surface area (Å²) in [7, 11) is 0. The Bertz CT molecular complexity index is 998. The van der Waals surface area contributed by atoms with Crippen molar-refractivity contribution in [1.82, 2.24) is 0 Å². The Kier molecular flexibility index (Phi) is 7.78. The van der Waals surface area contributed by atoms with Crippen LogP contribution in [-0.2, 0) is 12.4 Å². The van der Waals surface area contributed by atoms with Crippen LogP contribution in [0.3, 0.4) is 0 Å². The maximum absolute atomic E-state index is 13.7. The number of hydrogen-bond acceptors (Lipinski definition) is 1. The average Bonchev–Trinajstić information content (AvgIpc) is 2.64. The van der Waals surface area contributed by atoms with Gasteiger partial charge in [0.15, 0.2) is 0 Å². The number of hydrogen-bond donors (Lipinski definition) is 0. The molecule has 2 aromatic carbocycles. The third kappa shape index (κ3) is 6.24. The maximum Gasteiger partial charge on any atom is 0.417 e. The summed E-state index contributed by atoms with van der Waals surface area (Å²) >= 11 is 0.826. The quantitative estimate of drug-likeness (QED) is 0.327. The molecule has 0 atom stereocenters. The van der Waals surface area contributed by atoms with E-state index in [2.05, 4.69) is 23.7 Å². The Balaban J connectivity index is 2.82. The van der Waals surface area contributed by atoms with Gasteiger partial charge in [0.05, 0.1) is 22.3 Å². The third-order valence-corrected chi connectivity index (χ3v) is 5.19. The summed E-state index contributed by atoms with van der Waals surface area (Å²) in [6, 6.07) is 5.01. The van der Waals surface area contributed by atoms with Crippen LogP contribution in [-0.4, -0.2) is 0 Å².